The van der Waals surface area contributed by atoms with Crippen molar-refractivity contribution in [3.8, 4) is 0 Å². The average molecular weight is 327 g/mol. The summed E-state index contributed by atoms with van der Waals surface area (Å²) in [7, 11) is -3.14. The first-order valence-corrected chi connectivity index (χ1v) is 9.49. The number of hydrogen-bond acceptors (Lipinski definition) is 3. The second-order valence-electron chi connectivity index (χ2n) is 5.91. The van der Waals surface area contributed by atoms with Crippen molar-refractivity contribution in [2.75, 3.05) is 32.4 Å². The van der Waals surface area contributed by atoms with Crippen LogP contribution in [0.5, 0.6) is 0 Å². The van der Waals surface area contributed by atoms with Crippen molar-refractivity contribution < 1.29 is 13.2 Å². The highest BCUT2D eigenvalue weighted by Crippen LogP contribution is 2.11. The number of aryl methyl sites for hydroxylation is 2. The summed E-state index contributed by atoms with van der Waals surface area (Å²) in [6.45, 7) is 6.78. The lowest BCUT2D eigenvalue weighted by Crippen LogP contribution is -2.50. The van der Waals surface area contributed by atoms with Crippen molar-refractivity contribution in [1.29, 1.82) is 0 Å². The first-order chi connectivity index (χ1) is 10.3. The van der Waals surface area contributed by atoms with Crippen LogP contribution in [-0.4, -0.2) is 60.5 Å². The van der Waals surface area contributed by atoms with Crippen LogP contribution in [0.4, 0.5) is 0 Å². The van der Waals surface area contributed by atoms with Gasteiger partial charge >= 0.3 is 0 Å². The molecule has 0 N–H and O–H groups in total. The Bertz CT molecular complexity index is 609. The van der Waals surface area contributed by atoms with Crippen LogP contribution in [0.25, 0.3) is 0 Å². The summed E-state index contributed by atoms with van der Waals surface area (Å²) in [4.78, 5) is 14.0. The van der Waals surface area contributed by atoms with Gasteiger partial charge in [-0.05, 0) is 32.4 Å². The summed E-state index contributed by atoms with van der Waals surface area (Å²) in [6.07, 6.45) is 2.53. The Morgan fingerprint density at radius 2 is 1.64 bits per heavy atom. The van der Waals surface area contributed by atoms with E-state index in [-0.39, 0.29) is 5.91 Å². The maximum absolute atomic E-state index is 12.2. The van der Waals surface area contributed by atoms with Crippen LogP contribution in [-0.2, 0) is 21.4 Å². The van der Waals surface area contributed by atoms with E-state index in [0.717, 1.165) is 13.0 Å². The monoisotopic (exact) mass is 327 g/mol. The molecule has 0 aromatic carbocycles. The van der Waals surface area contributed by atoms with Crippen LogP contribution in [0.15, 0.2) is 12.1 Å². The van der Waals surface area contributed by atoms with Gasteiger partial charge in [0.1, 0.15) is 0 Å². The predicted octanol–water partition coefficient (Wildman–Crippen LogP) is 0.989. The first kappa shape index (κ1) is 17.0. The third kappa shape index (κ3) is 4.10. The minimum Gasteiger partial charge on any atom is -0.349 e. The molecule has 2 rings (SSSR count). The summed E-state index contributed by atoms with van der Waals surface area (Å²) < 4.78 is 26.6. The largest absolute Gasteiger partial charge is 0.349 e. The zero-order valence-electron chi connectivity index (χ0n) is 13.6. The molecule has 0 atom stereocenters. The van der Waals surface area contributed by atoms with Crippen LogP contribution >= 0.6 is 0 Å². The third-order valence-corrected chi connectivity index (χ3v) is 5.55. The van der Waals surface area contributed by atoms with E-state index >= 15 is 0 Å². The topological polar surface area (TPSA) is 62.6 Å². The van der Waals surface area contributed by atoms with Gasteiger partial charge in [0.2, 0.25) is 15.9 Å². The molecule has 1 aromatic heterocycles. The molecule has 1 fully saturated rings. The summed E-state index contributed by atoms with van der Waals surface area (Å²) in [5.74, 6) is 0.121. The average Bonchev–Trinajstić information content (AvgIpc) is 2.78. The lowest BCUT2D eigenvalue weighted by Gasteiger charge is -2.33. The number of carbonyl (C=O) groups is 1. The number of amides is 1. The molecule has 0 saturated carbocycles. The normalized spacial score (nSPS) is 17.0. The van der Waals surface area contributed by atoms with Crippen molar-refractivity contribution in [3.63, 3.8) is 0 Å². The van der Waals surface area contributed by atoms with E-state index in [9.17, 15) is 13.2 Å². The molecule has 0 unspecified atom stereocenters. The van der Waals surface area contributed by atoms with Gasteiger partial charge in [-0.3, -0.25) is 4.79 Å². The fourth-order valence-electron chi connectivity index (χ4n) is 2.87. The molecule has 6 nitrogen and oxygen atoms in total. The molecule has 1 saturated heterocycles. The lowest BCUT2D eigenvalue weighted by molar-refractivity contribution is -0.132. The van der Waals surface area contributed by atoms with Crippen LogP contribution in [0.1, 0.15) is 24.2 Å². The van der Waals surface area contributed by atoms with Gasteiger partial charge < -0.3 is 9.47 Å². The number of hydrogen-bond donors (Lipinski definition) is 0. The zero-order chi connectivity index (χ0) is 16.3. The Balaban J connectivity index is 1.77. The Morgan fingerprint density at radius 1 is 1.09 bits per heavy atom. The van der Waals surface area contributed by atoms with E-state index in [1.807, 2.05) is 0 Å². The molecular weight excluding hydrogens is 302 g/mol. The minimum absolute atomic E-state index is 0.121. The second kappa shape index (κ2) is 6.83. The summed E-state index contributed by atoms with van der Waals surface area (Å²) in [5, 5.41) is 0. The highest BCUT2D eigenvalue weighted by Gasteiger charge is 2.25. The number of sulfonamides is 1. The van der Waals surface area contributed by atoms with E-state index in [1.54, 1.807) is 4.90 Å². The first-order valence-electron chi connectivity index (χ1n) is 7.64. The Hall–Kier alpha value is -1.34. The second-order valence-corrected chi connectivity index (χ2v) is 7.90. The van der Waals surface area contributed by atoms with Gasteiger partial charge in [0.05, 0.1) is 6.26 Å². The third-order valence-electron chi connectivity index (χ3n) is 4.25. The quantitative estimate of drug-likeness (QED) is 0.810. The Labute approximate surface area is 132 Å². The molecule has 1 aliphatic rings. The standard InChI is InChI=1S/C15H25N3O3S/c1-13-6-7-14(2)18(13)8-4-5-15(19)16-9-11-17(12-10-16)22(3,20)21/h6-7H,4-5,8-12H2,1-3H3. The van der Waals surface area contributed by atoms with Crippen LogP contribution in [0.3, 0.4) is 0 Å². The highest BCUT2D eigenvalue weighted by molar-refractivity contribution is 7.88. The molecule has 0 bridgehead atoms. The molecule has 0 radical (unpaired) electrons. The van der Waals surface area contributed by atoms with Crippen molar-refractivity contribution in [2.45, 2.75) is 33.2 Å². The fourth-order valence-corrected chi connectivity index (χ4v) is 3.69. The molecule has 1 aromatic rings. The van der Waals surface area contributed by atoms with Crippen molar-refractivity contribution in [3.05, 3.63) is 23.5 Å². The van der Waals surface area contributed by atoms with Gasteiger partial charge in [-0.15, -0.1) is 0 Å². The molecule has 7 heteroatoms. The van der Waals surface area contributed by atoms with Gasteiger partial charge in [-0.1, -0.05) is 0 Å². The van der Waals surface area contributed by atoms with Crippen LogP contribution in [0, 0.1) is 13.8 Å². The minimum atomic E-state index is -3.14. The summed E-state index contributed by atoms with van der Waals surface area (Å²) in [5.41, 5.74) is 2.43. The molecule has 22 heavy (non-hydrogen) atoms. The zero-order valence-corrected chi connectivity index (χ0v) is 14.4. The molecule has 1 aliphatic heterocycles. The van der Waals surface area contributed by atoms with Crippen LogP contribution in [0.2, 0.25) is 0 Å². The van der Waals surface area contributed by atoms with Crippen molar-refractivity contribution in [1.82, 2.24) is 13.8 Å². The summed E-state index contributed by atoms with van der Waals surface area (Å²) >= 11 is 0. The van der Waals surface area contributed by atoms with Gasteiger partial charge in [-0.25, -0.2) is 8.42 Å². The molecular formula is C15H25N3O3S. The number of carbonyl (C=O) groups excluding carboxylic acids is 1. The summed E-state index contributed by atoms with van der Waals surface area (Å²) in [6, 6.07) is 4.17. The molecule has 1 amide bonds. The van der Waals surface area contributed by atoms with Crippen molar-refractivity contribution in [2.24, 2.45) is 0 Å². The van der Waals surface area contributed by atoms with Gasteiger partial charge in [0.25, 0.3) is 0 Å². The van der Waals surface area contributed by atoms with E-state index in [1.165, 1.54) is 21.9 Å². The highest BCUT2D eigenvalue weighted by atomic mass is 32.2. The lowest BCUT2D eigenvalue weighted by atomic mass is 10.2. The van der Waals surface area contributed by atoms with E-state index < -0.39 is 10.0 Å². The van der Waals surface area contributed by atoms with Crippen LogP contribution < -0.4 is 0 Å². The van der Waals surface area contributed by atoms with E-state index in [2.05, 4.69) is 30.5 Å². The molecule has 2 heterocycles. The molecule has 0 aliphatic carbocycles. The maximum Gasteiger partial charge on any atom is 0.222 e. The number of aromatic nitrogens is 1. The molecule has 0 spiro atoms. The van der Waals surface area contributed by atoms with E-state index in [0.29, 0.717) is 32.6 Å². The smallest absolute Gasteiger partial charge is 0.222 e. The predicted molar refractivity (Wildman–Crippen MR) is 86.1 cm³/mol. The Morgan fingerprint density at radius 3 is 2.14 bits per heavy atom. The maximum atomic E-state index is 12.2. The van der Waals surface area contributed by atoms with Gasteiger partial charge in [0.15, 0.2) is 0 Å². The number of nitrogens with zero attached hydrogens (tertiary/aromatic N) is 3. The van der Waals surface area contributed by atoms with Gasteiger partial charge in [0, 0.05) is 50.5 Å². The molecule has 124 valence electrons. The van der Waals surface area contributed by atoms with E-state index in [4.69, 9.17) is 0 Å². The van der Waals surface area contributed by atoms with Gasteiger partial charge in [-0.2, -0.15) is 4.31 Å². The van der Waals surface area contributed by atoms with Crippen molar-refractivity contribution >= 4 is 15.9 Å². The number of piperazine rings is 1. The number of rotatable bonds is 5. The Kier molecular flexibility index (Phi) is 5.28. The SMILES string of the molecule is Cc1ccc(C)n1CCCC(=O)N1CCN(S(C)(=O)=O)CC1. The fraction of sp³-hybridized carbons (Fsp3) is 0.667.